The van der Waals surface area contributed by atoms with Crippen molar-refractivity contribution in [3.05, 3.63) is 45.5 Å². The average Bonchev–Trinajstić information content (AvgIpc) is 2.37. The van der Waals surface area contributed by atoms with Gasteiger partial charge in [-0.1, -0.05) is 24.3 Å². The molecule has 1 aliphatic heterocycles. The molecule has 0 saturated carbocycles. The molecule has 0 amide bonds. The summed E-state index contributed by atoms with van der Waals surface area (Å²) in [5.41, 5.74) is 2.19. The van der Waals surface area contributed by atoms with Crippen LogP contribution in [0.1, 0.15) is 11.1 Å². The van der Waals surface area contributed by atoms with Crippen LogP contribution in [0.15, 0.2) is 24.3 Å². The van der Waals surface area contributed by atoms with E-state index in [1.54, 1.807) is 4.81 Å². The monoisotopic (exact) mass is 262 g/mol. The third-order valence-corrected chi connectivity index (χ3v) is 3.48. The summed E-state index contributed by atoms with van der Waals surface area (Å²) in [5.74, 6) is 0. The Hall–Kier alpha value is -1.73. The van der Waals surface area contributed by atoms with Crippen molar-refractivity contribution in [1.29, 1.82) is 0 Å². The summed E-state index contributed by atoms with van der Waals surface area (Å²) in [6, 6.07) is 7.38. The third kappa shape index (κ3) is 3.18. The van der Waals surface area contributed by atoms with E-state index in [-0.39, 0.29) is 13.5 Å². The van der Waals surface area contributed by atoms with Crippen LogP contribution in [0.5, 0.6) is 0 Å². The molecule has 0 fully saturated rings. The average molecular weight is 262 g/mol. The van der Waals surface area contributed by atoms with Crippen molar-refractivity contribution in [2.24, 2.45) is 0 Å². The van der Waals surface area contributed by atoms with Crippen molar-refractivity contribution >= 4 is 13.6 Å². The second-order valence-electron chi connectivity index (χ2n) is 4.72. The van der Waals surface area contributed by atoms with E-state index in [0.717, 1.165) is 17.3 Å². The van der Waals surface area contributed by atoms with Gasteiger partial charge in [-0.25, -0.2) is 0 Å². The minimum Gasteiger partial charge on any atom is -0.385 e. The first-order valence-corrected chi connectivity index (χ1v) is 6.16. The van der Waals surface area contributed by atoms with Crippen LogP contribution in [-0.2, 0) is 17.8 Å². The predicted molar refractivity (Wildman–Crippen MR) is 71.2 cm³/mol. The van der Waals surface area contributed by atoms with E-state index < -0.39 is 17.6 Å². The summed E-state index contributed by atoms with van der Waals surface area (Å²) >= 11 is 0. The maximum Gasteiger partial charge on any atom is 0.281 e. The molecule has 0 aromatic heterocycles. The van der Waals surface area contributed by atoms with Crippen LogP contribution in [0.25, 0.3) is 0 Å². The van der Waals surface area contributed by atoms with Gasteiger partial charge < -0.3 is 14.7 Å². The highest BCUT2D eigenvalue weighted by Crippen LogP contribution is 2.24. The van der Waals surface area contributed by atoms with E-state index in [9.17, 15) is 20.0 Å². The lowest BCUT2D eigenvalue weighted by Gasteiger charge is -2.37. The van der Waals surface area contributed by atoms with E-state index in [1.807, 2.05) is 24.3 Å². The molecule has 0 unspecified atom stereocenters. The number of carbonyl (C=O) groups excluding carboxylic acids is 1. The van der Waals surface area contributed by atoms with E-state index in [0.29, 0.717) is 13.0 Å². The number of fused-ring (bicyclic) bond motifs is 1. The number of nitrogens with zero attached hydrogens (tertiary/aromatic N) is 2. The van der Waals surface area contributed by atoms with Crippen molar-refractivity contribution < 1.29 is 14.8 Å². The van der Waals surface area contributed by atoms with Crippen molar-refractivity contribution in [2.45, 2.75) is 25.1 Å². The lowest BCUT2D eigenvalue weighted by molar-refractivity contribution is -0.491. The Morgan fingerprint density at radius 1 is 1.53 bits per heavy atom. The number of aliphatic hydroxyl groups is 1. The van der Waals surface area contributed by atoms with Crippen molar-refractivity contribution in [3.63, 3.8) is 0 Å². The number of hydrogen-bond donors (Lipinski definition) is 1. The maximum atomic E-state index is 10.7. The van der Waals surface area contributed by atoms with Gasteiger partial charge in [-0.15, -0.1) is 0 Å². The van der Waals surface area contributed by atoms with Crippen LogP contribution < -0.4 is 0 Å². The minimum absolute atomic E-state index is 0.174. The van der Waals surface area contributed by atoms with Crippen LogP contribution in [-0.4, -0.2) is 47.1 Å². The molecule has 1 aliphatic rings. The third-order valence-electron chi connectivity index (χ3n) is 3.48. The summed E-state index contributed by atoms with van der Waals surface area (Å²) in [5, 5.41) is 20.5. The van der Waals surface area contributed by atoms with Gasteiger partial charge in [0.25, 0.3) is 7.41 Å². The van der Waals surface area contributed by atoms with Crippen LogP contribution in [0, 0.1) is 10.1 Å². The standard InChI is InChI=1S/C12H15BN2O4/c16-8-13-14-6-10-4-2-1-3-9(10)5-11(14)12(17)7-15(18)19/h1-4,8,11-13,17H,5-7H2/t11-,12-/m1/s1. The Balaban J connectivity index is 2.20. The number of rotatable bonds is 5. The van der Waals surface area contributed by atoms with Gasteiger partial charge in [0.2, 0.25) is 6.54 Å². The first-order chi connectivity index (χ1) is 9.11. The molecule has 1 N–H and O–H groups in total. The Kier molecular flexibility index (Phi) is 4.29. The highest BCUT2D eigenvalue weighted by atomic mass is 16.6. The second-order valence-corrected chi connectivity index (χ2v) is 4.72. The Morgan fingerprint density at radius 2 is 2.21 bits per heavy atom. The Morgan fingerprint density at radius 3 is 2.84 bits per heavy atom. The molecule has 19 heavy (non-hydrogen) atoms. The molecule has 0 radical (unpaired) electrons. The fourth-order valence-corrected chi connectivity index (χ4v) is 2.55. The summed E-state index contributed by atoms with van der Waals surface area (Å²) in [6.45, 7) is 0.0382. The molecule has 2 rings (SSSR count). The first kappa shape index (κ1) is 13.7. The van der Waals surface area contributed by atoms with Gasteiger partial charge >= 0.3 is 0 Å². The number of nitro groups is 1. The highest BCUT2D eigenvalue weighted by Gasteiger charge is 2.33. The van der Waals surface area contributed by atoms with E-state index >= 15 is 0 Å². The van der Waals surface area contributed by atoms with Gasteiger partial charge in [-0.3, -0.25) is 10.1 Å². The number of aliphatic hydroxyl groups excluding tert-OH is 1. The molecule has 100 valence electrons. The highest BCUT2D eigenvalue weighted by molar-refractivity contribution is 6.64. The van der Waals surface area contributed by atoms with Gasteiger partial charge in [0.05, 0.1) is 6.19 Å². The molecule has 1 aromatic rings. The molecule has 0 saturated heterocycles. The normalized spacial score (nSPS) is 20.4. The molecule has 7 heteroatoms. The Bertz CT molecular complexity index is 483. The zero-order valence-corrected chi connectivity index (χ0v) is 10.4. The zero-order chi connectivity index (χ0) is 13.8. The van der Waals surface area contributed by atoms with Crippen molar-refractivity contribution in [2.75, 3.05) is 6.54 Å². The van der Waals surface area contributed by atoms with Gasteiger partial charge in [-0.2, -0.15) is 0 Å². The van der Waals surface area contributed by atoms with Gasteiger partial charge in [-0.05, 0) is 17.5 Å². The van der Waals surface area contributed by atoms with E-state index in [1.165, 1.54) is 0 Å². The van der Waals surface area contributed by atoms with E-state index in [4.69, 9.17) is 0 Å². The molecular weight excluding hydrogens is 247 g/mol. The largest absolute Gasteiger partial charge is 0.385 e. The molecule has 0 aliphatic carbocycles. The van der Waals surface area contributed by atoms with Gasteiger partial charge in [0.1, 0.15) is 6.10 Å². The van der Waals surface area contributed by atoms with Crippen molar-refractivity contribution in [1.82, 2.24) is 4.81 Å². The number of hydrogen-bond acceptors (Lipinski definition) is 5. The van der Waals surface area contributed by atoms with Crippen LogP contribution in [0.3, 0.4) is 0 Å². The quantitative estimate of drug-likeness (QED) is 0.337. The topological polar surface area (TPSA) is 83.7 Å². The minimum atomic E-state index is -1.07. The SMILES string of the molecule is O=CBN1Cc2ccccc2C[C@@H]1[C@H](O)C[N+](=O)[O-]. The van der Waals surface area contributed by atoms with Crippen LogP contribution in [0.4, 0.5) is 0 Å². The molecular formula is C12H15BN2O4. The molecule has 0 spiro atoms. The van der Waals surface area contributed by atoms with E-state index in [2.05, 4.69) is 0 Å². The predicted octanol–water partition coefficient (Wildman–Crippen LogP) is -0.407. The first-order valence-electron chi connectivity index (χ1n) is 6.16. The fraction of sp³-hybridized carbons (Fsp3) is 0.417. The molecule has 2 atom stereocenters. The van der Waals surface area contributed by atoms with Gasteiger partial charge in [0.15, 0.2) is 0 Å². The molecule has 0 bridgehead atoms. The Labute approximate surface area is 111 Å². The molecule has 1 heterocycles. The summed E-state index contributed by atoms with van der Waals surface area (Å²) in [4.78, 5) is 22.5. The summed E-state index contributed by atoms with van der Waals surface area (Å²) in [7, 11) is 0.174. The fourth-order valence-electron chi connectivity index (χ4n) is 2.55. The maximum absolute atomic E-state index is 10.7. The summed E-state index contributed by atoms with van der Waals surface area (Å²) in [6.07, 6.45) is 0.224. The van der Waals surface area contributed by atoms with Crippen molar-refractivity contribution in [3.8, 4) is 0 Å². The zero-order valence-electron chi connectivity index (χ0n) is 10.4. The van der Waals surface area contributed by atoms with Crippen LogP contribution in [0.2, 0.25) is 0 Å². The number of benzene rings is 1. The summed E-state index contributed by atoms with van der Waals surface area (Å²) < 4.78 is 0. The molecule has 1 aromatic carbocycles. The second kappa shape index (κ2) is 5.94. The molecule has 6 nitrogen and oxygen atoms in total. The lowest BCUT2D eigenvalue weighted by atomic mass is 9.82. The smallest absolute Gasteiger partial charge is 0.281 e. The van der Waals surface area contributed by atoms with Gasteiger partial charge in [0, 0.05) is 17.5 Å². The lowest BCUT2D eigenvalue weighted by Crippen LogP contribution is -2.51. The van der Waals surface area contributed by atoms with Crippen LogP contribution >= 0.6 is 0 Å². The number of carbonyl (C=O) groups is 1.